The van der Waals surface area contributed by atoms with Gasteiger partial charge < -0.3 is 35.2 Å². The molecule has 1 heterocycles. The zero-order valence-corrected chi connectivity index (χ0v) is 42.1. The molecule has 1 saturated heterocycles. The Balaban J connectivity index is 2.43. The Labute approximate surface area is 397 Å². The Hall–Kier alpha value is -1.42. The highest BCUT2D eigenvalue weighted by atomic mass is 32.3. The monoisotopic (exact) mass is 946 g/mol. The van der Waals surface area contributed by atoms with Gasteiger partial charge in [0.1, 0.15) is 24.4 Å². The molecule has 1 aliphatic heterocycles. The van der Waals surface area contributed by atoms with E-state index in [1.807, 2.05) is 6.08 Å². The highest BCUT2D eigenvalue weighted by Gasteiger charge is 2.48. The van der Waals surface area contributed by atoms with Gasteiger partial charge in [0.05, 0.1) is 25.4 Å². The smallest absolute Gasteiger partial charge is 0.394 e. The van der Waals surface area contributed by atoms with E-state index in [4.69, 9.17) is 9.47 Å². The van der Waals surface area contributed by atoms with Crippen LogP contribution in [0.5, 0.6) is 0 Å². The molecule has 65 heavy (non-hydrogen) atoms. The summed E-state index contributed by atoms with van der Waals surface area (Å²) in [7, 11) is -5.09. The average Bonchev–Trinajstić information content (AvgIpc) is 3.28. The van der Waals surface area contributed by atoms with Gasteiger partial charge in [-0.3, -0.25) is 9.35 Å². The molecule has 12 nitrogen and oxygen atoms in total. The largest absolute Gasteiger partial charge is 0.397 e. The zero-order chi connectivity index (χ0) is 47.6. The zero-order valence-electron chi connectivity index (χ0n) is 41.3. The van der Waals surface area contributed by atoms with Gasteiger partial charge in [-0.2, -0.15) is 8.42 Å². The van der Waals surface area contributed by atoms with Crippen molar-refractivity contribution in [1.29, 1.82) is 0 Å². The van der Waals surface area contributed by atoms with Gasteiger partial charge in [-0.15, -0.1) is 0 Å². The molecule has 0 aromatic rings. The van der Waals surface area contributed by atoms with Crippen molar-refractivity contribution in [3.8, 4) is 0 Å². The number of allylic oxidation sites excluding steroid dienone is 3. The van der Waals surface area contributed by atoms with Crippen LogP contribution in [0, 0.1) is 0 Å². The van der Waals surface area contributed by atoms with Crippen LogP contribution in [0.25, 0.3) is 0 Å². The maximum absolute atomic E-state index is 13.1. The molecule has 0 aliphatic carbocycles. The minimum atomic E-state index is -5.09. The van der Waals surface area contributed by atoms with E-state index in [1.165, 1.54) is 173 Å². The summed E-state index contributed by atoms with van der Waals surface area (Å²) < 4.78 is 47.7. The summed E-state index contributed by atoms with van der Waals surface area (Å²) in [6.07, 6.45) is 42.1. The van der Waals surface area contributed by atoms with Gasteiger partial charge in [-0.25, -0.2) is 4.18 Å². The van der Waals surface area contributed by atoms with Gasteiger partial charge in [0.25, 0.3) is 0 Å². The molecular formula is C52H99NO11S. The van der Waals surface area contributed by atoms with E-state index in [2.05, 4.69) is 35.5 Å². The van der Waals surface area contributed by atoms with Crippen molar-refractivity contribution >= 4 is 16.3 Å². The fourth-order valence-electron chi connectivity index (χ4n) is 8.57. The summed E-state index contributed by atoms with van der Waals surface area (Å²) >= 11 is 0. The third-order valence-electron chi connectivity index (χ3n) is 12.7. The number of carbonyl (C=O) groups excluding carboxylic acids is 1. The van der Waals surface area contributed by atoms with Crippen molar-refractivity contribution in [2.45, 2.75) is 288 Å². The maximum atomic E-state index is 13.1. The molecule has 0 radical (unpaired) electrons. The molecular weight excluding hydrogens is 847 g/mol. The fraction of sp³-hybridized carbons (Fsp3) is 0.904. The molecule has 7 unspecified atom stereocenters. The number of ether oxygens (including phenoxy) is 2. The first-order chi connectivity index (χ1) is 31.5. The number of nitrogens with one attached hydrogen (secondary N) is 1. The molecule has 0 spiro atoms. The first kappa shape index (κ1) is 61.6. The highest BCUT2D eigenvalue weighted by molar-refractivity contribution is 7.80. The van der Waals surface area contributed by atoms with Crippen LogP contribution in [-0.2, 0) is 28.9 Å². The highest BCUT2D eigenvalue weighted by Crippen LogP contribution is 2.26. The Bertz CT molecular complexity index is 1250. The quantitative estimate of drug-likeness (QED) is 0.0193. The minimum Gasteiger partial charge on any atom is -0.394 e. The topological polar surface area (TPSA) is 192 Å². The van der Waals surface area contributed by atoms with Gasteiger partial charge in [0.2, 0.25) is 5.91 Å². The molecule has 1 aliphatic rings. The van der Waals surface area contributed by atoms with Crippen LogP contribution >= 0.6 is 0 Å². The number of hydrogen-bond acceptors (Lipinski definition) is 10. The molecule has 1 amide bonds. The van der Waals surface area contributed by atoms with Crippen molar-refractivity contribution in [3.05, 3.63) is 24.3 Å². The van der Waals surface area contributed by atoms with Crippen molar-refractivity contribution in [2.24, 2.45) is 0 Å². The normalized spacial score (nSPS) is 20.3. The molecule has 0 aromatic carbocycles. The number of amides is 1. The number of hydrogen-bond donors (Lipinski definition) is 6. The fourth-order valence-corrected chi connectivity index (χ4v) is 9.08. The number of aliphatic hydroxyl groups excluding tert-OH is 4. The summed E-state index contributed by atoms with van der Waals surface area (Å²) in [6, 6.07) is -0.945. The van der Waals surface area contributed by atoms with Crippen molar-refractivity contribution in [3.63, 3.8) is 0 Å². The summed E-state index contributed by atoms with van der Waals surface area (Å²) in [5, 5.41) is 44.9. The van der Waals surface area contributed by atoms with Crippen LogP contribution in [0.15, 0.2) is 24.3 Å². The van der Waals surface area contributed by atoms with E-state index >= 15 is 0 Å². The van der Waals surface area contributed by atoms with Gasteiger partial charge in [0.15, 0.2) is 6.29 Å². The molecule has 0 saturated carbocycles. The molecule has 7 atom stereocenters. The minimum absolute atomic E-state index is 0.264. The summed E-state index contributed by atoms with van der Waals surface area (Å²) in [5.41, 5.74) is 0. The van der Waals surface area contributed by atoms with Crippen LogP contribution < -0.4 is 5.32 Å². The number of rotatable bonds is 46. The maximum Gasteiger partial charge on any atom is 0.397 e. The van der Waals surface area contributed by atoms with Crippen LogP contribution in [0.1, 0.15) is 245 Å². The lowest BCUT2D eigenvalue weighted by Crippen LogP contribution is -2.61. The molecule has 1 rings (SSSR count). The summed E-state index contributed by atoms with van der Waals surface area (Å²) in [6.45, 7) is 3.41. The number of carbonyl (C=O) groups is 1. The Morgan fingerprint density at radius 3 is 1.38 bits per heavy atom. The first-order valence-electron chi connectivity index (χ1n) is 26.7. The molecule has 0 bridgehead atoms. The van der Waals surface area contributed by atoms with E-state index in [-0.39, 0.29) is 18.9 Å². The van der Waals surface area contributed by atoms with Crippen LogP contribution in [-0.4, -0.2) is 95.4 Å². The lowest BCUT2D eigenvalue weighted by molar-refractivity contribution is -0.298. The van der Waals surface area contributed by atoms with E-state index in [1.54, 1.807) is 6.08 Å². The molecule has 384 valence electrons. The second kappa shape index (κ2) is 42.7. The molecule has 0 aromatic heterocycles. The van der Waals surface area contributed by atoms with E-state index < -0.39 is 59.9 Å². The van der Waals surface area contributed by atoms with Crippen LogP contribution in [0.2, 0.25) is 0 Å². The predicted octanol–water partition coefficient (Wildman–Crippen LogP) is 11.7. The molecule has 1 fully saturated rings. The average molecular weight is 946 g/mol. The van der Waals surface area contributed by atoms with Gasteiger partial charge in [-0.1, -0.05) is 218 Å². The van der Waals surface area contributed by atoms with Gasteiger partial charge in [-0.05, 0) is 44.9 Å². The Morgan fingerprint density at radius 1 is 0.600 bits per heavy atom. The van der Waals surface area contributed by atoms with E-state index in [0.717, 1.165) is 44.9 Å². The second-order valence-corrected chi connectivity index (χ2v) is 19.9. The third-order valence-corrected chi connectivity index (χ3v) is 13.2. The summed E-state index contributed by atoms with van der Waals surface area (Å²) in [5.74, 6) is -0.264. The second-order valence-electron chi connectivity index (χ2n) is 18.8. The first-order valence-corrected chi connectivity index (χ1v) is 28.1. The Morgan fingerprint density at radius 2 is 0.985 bits per heavy atom. The van der Waals surface area contributed by atoms with E-state index in [0.29, 0.717) is 6.42 Å². The lowest BCUT2D eigenvalue weighted by atomic mass is 9.99. The number of aliphatic hydroxyl groups is 4. The molecule has 6 N–H and O–H groups in total. The van der Waals surface area contributed by atoms with E-state index in [9.17, 15) is 38.2 Å². The third kappa shape index (κ3) is 35.4. The molecule has 13 heteroatoms. The van der Waals surface area contributed by atoms with Crippen molar-refractivity contribution in [1.82, 2.24) is 5.32 Å². The SMILES string of the molecule is CCCCCCCCCCCC/C=C\CCCCCCCCCC(=O)NC(COC1OC(CO)C(O)C(OS(=O)(=O)O)C1O)C(O)/C=C/CCCCCCCCCCCCCCCCC. The van der Waals surface area contributed by atoms with Crippen LogP contribution in [0.3, 0.4) is 0 Å². The van der Waals surface area contributed by atoms with Crippen molar-refractivity contribution < 1.29 is 51.8 Å². The predicted molar refractivity (Wildman–Crippen MR) is 264 cm³/mol. The van der Waals surface area contributed by atoms with Gasteiger partial charge in [0, 0.05) is 6.42 Å². The lowest BCUT2D eigenvalue weighted by Gasteiger charge is -2.41. The van der Waals surface area contributed by atoms with Gasteiger partial charge >= 0.3 is 10.4 Å². The van der Waals surface area contributed by atoms with Crippen molar-refractivity contribution in [2.75, 3.05) is 13.2 Å². The summed E-state index contributed by atoms with van der Waals surface area (Å²) in [4.78, 5) is 13.1. The number of unbranched alkanes of at least 4 members (excludes halogenated alkanes) is 32. The standard InChI is InChI=1S/C52H99NO11S/c1-3-5-7-9-11-13-15-17-19-21-22-23-24-26-28-30-32-34-36-38-40-42-48(56)53-45(44-62-52-50(58)51(64-65(59,60)61)49(57)47(43-54)63-52)46(55)41-39-37-35-33-31-29-27-25-20-18-16-14-12-10-8-6-4-2/h23-24,39,41,45-47,49-52,54-55,57-58H,3-22,25-38,40,42-44H2,1-2H3,(H,53,56)(H,59,60,61)/b24-23-,41-39+. The Kier molecular flexibility index (Phi) is 40.4. The van der Waals surface area contributed by atoms with Crippen LogP contribution in [0.4, 0.5) is 0 Å².